The van der Waals surface area contributed by atoms with Crippen LogP contribution in [0.2, 0.25) is 0 Å². The van der Waals surface area contributed by atoms with Gasteiger partial charge in [-0.3, -0.25) is 0 Å². The molecule has 1 aliphatic carbocycles. The summed E-state index contributed by atoms with van der Waals surface area (Å²) in [6, 6.07) is 3.86. The zero-order valence-electron chi connectivity index (χ0n) is 10.8. The quantitative estimate of drug-likeness (QED) is 0.796. The lowest BCUT2D eigenvalue weighted by atomic mass is 10.1. The van der Waals surface area contributed by atoms with Crippen LogP contribution in [0.3, 0.4) is 0 Å². The molecule has 0 heterocycles. The topological polar surface area (TPSA) is 67.1 Å². The lowest BCUT2D eigenvalue weighted by Gasteiger charge is -2.14. The lowest BCUT2D eigenvalue weighted by molar-refractivity contribution is -0.137. The molecule has 1 fully saturated rings. The maximum absolute atomic E-state index is 12.4. The molecule has 2 amide bonds. The van der Waals surface area contributed by atoms with Gasteiger partial charge < -0.3 is 16.4 Å². The van der Waals surface area contributed by atoms with E-state index in [1.165, 1.54) is 12.1 Å². The van der Waals surface area contributed by atoms with Crippen LogP contribution in [0.25, 0.3) is 0 Å². The van der Waals surface area contributed by atoms with E-state index >= 15 is 0 Å². The van der Waals surface area contributed by atoms with Crippen molar-refractivity contribution in [3.05, 3.63) is 29.8 Å². The third kappa shape index (κ3) is 3.63. The Morgan fingerprint density at radius 3 is 2.30 bits per heavy atom. The van der Waals surface area contributed by atoms with E-state index in [1.54, 1.807) is 0 Å². The molecule has 4 nitrogen and oxygen atoms in total. The van der Waals surface area contributed by atoms with Gasteiger partial charge in [0.1, 0.15) is 0 Å². The monoisotopic (exact) mass is 287 g/mol. The molecule has 0 aliphatic heterocycles. The second-order valence-electron chi connectivity index (χ2n) is 5.09. The van der Waals surface area contributed by atoms with Gasteiger partial charge in [0.05, 0.1) is 5.56 Å². The van der Waals surface area contributed by atoms with Crippen molar-refractivity contribution >= 4 is 11.7 Å². The zero-order chi connectivity index (χ0) is 14.8. The number of carbonyl (C=O) groups is 1. The number of halogens is 3. The van der Waals surface area contributed by atoms with Gasteiger partial charge in [0.15, 0.2) is 0 Å². The van der Waals surface area contributed by atoms with Crippen molar-refractivity contribution < 1.29 is 18.0 Å². The van der Waals surface area contributed by atoms with Crippen molar-refractivity contribution in [2.24, 2.45) is 11.1 Å². The molecule has 1 aliphatic rings. The molecule has 0 atom stereocenters. The number of anilines is 1. The summed E-state index contributed by atoms with van der Waals surface area (Å²) in [4.78, 5) is 11.6. The molecule has 4 N–H and O–H groups in total. The number of nitrogens with one attached hydrogen (secondary N) is 2. The SMILES string of the molecule is NCC1(CNC(=O)Nc2ccc(C(F)(F)F)cc2)CC1. The van der Waals surface area contributed by atoms with Crippen LogP contribution in [0.5, 0.6) is 0 Å². The summed E-state index contributed by atoms with van der Waals surface area (Å²) in [6.07, 6.45) is -2.39. The van der Waals surface area contributed by atoms with Gasteiger partial charge in [-0.25, -0.2) is 4.79 Å². The number of hydrogen-bond acceptors (Lipinski definition) is 2. The van der Waals surface area contributed by atoms with Crippen LogP contribution in [0.1, 0.15) is 18.4 Å². The summed E-state index contributed by atoms with van der Waals surface area (Å²) >= 11 is 0. The lowest BCUT2D eigenvalue weighted by Crippen LogP contribution is -2.36. The predicted octanol–water partition coefficient (Wildman–Crippen LogP) is 2.57. The van der Waals surface area contributed by atoms with Gasteiger partial charge in [0, 0.05) is 17.6 Å². The zero-order valence-corrected chi connectivity index (χ0v) is 10.8. The molecule has 0 radical (unpaired) electrons. The molecule has 0 bridgehead atoms. The Hall–Kier alpha value is -1.76. The summed E-state index contributed by atoms with van der Waals surface area (Å²) in [5, 5.41) is 5.16. The molecule has 0 spiro atoms. The van der Waals surface area contributed by atoms with E-state index < -0.39 is 17.8 Å². The number of urea groups is 1. The number of hydrogen-bond donors (Lipinski definition) is 3. The molecular formula is C13H16F3N3O. The molecule has 1 aromatic carbocycles. The highest BCUT2D eigenvalue weighted by Crippen LogP contribution is 2.43. The van der Waals surface area contributed by atoms with E-state index in [4.69, 9.17) is 5.73 Å². The predicted molar refractivity (Wildman–Crippen MR) is 69.2 cm³/mol. The second kappa shape index (κ2) is 5.32. The first kappa shape index (κ1) is 14.6. The number of benzene rings is 1. The first-order valence-corrected chi connectivity index (χ1v) is 6.27. The van der Waals surface area contributed by atoms with Crippen molar-refractivity contribution in [1.82, 2.24) is 5.32 Å². The van der Waals surface area contributed by atoms with Crippen LogP contribution < -0.4 is 16.4 Å². The maximum Gasteiger partial charge on any atom is 0.416 e. The van der Waals surface area contributed by atoms with Crippen molar-refractivity contribution in [2.75, 3.05) is 18.4 Å². The van der Waals surface area contributed by atoms with Crippen LogP contribution in [-0.2, 0) is 6.18 Å². The van der Waals surface area contributed by atoms with Gasteiger partial charge in [0.2, 0.25) is 0 Å². The smallest absolute Gasteiger partial charge is 0.337 e. The molecular weight excluding hydrogens is 271 g/mol. The van der Waals surface area contributed by atoms with Crippen LogP contribution >= 0.6 is 0 Å². The van der Waals surface area contributed by atoms with Gasteiger partial charge in [0.25, 0.3) is 0 Å². The normalized spacial score (nSPS) is 16.6. The molecule has 110 valence electrons. The Labute approximate surface area is 114 Å². The molecule has 2 rings (SSSR count). The fraction of sp³-hybridized carbons (Fsp3) is 0.462. The third-order valence-corrected chi connectivity index (χ3v) is 3.48. The van der Waals surface area contributed by atoms with Crippen molar-refractivity contribution in [3.63, 3.8) is 0 Å². The van der Waals surface area contributed by atoms with Crippen LogP contribution in [0.15, 0.2) is 24.3 Å². The van der Waals surface area contributed by atoms with Crippen molar-refractivity contribution in [2.45, 2.75) is 19.0 Å². The Bertz CT molecular complexity index is 481. The second-order valence-corrected chi connectivity index (χ2v) is 5.09. The summed E-state index contributed by atoms with van der Waals surface area (Å²) in [6.45, 7) is 1.00. The van der Waals surface area contributed by atoms with Gasteiger partial charge in [-0.1, -0.05) is 0 Å². The van der Waals surface area contributed by atoms with Gasteiger partial charge in [-0.05, 0) is 43.7 Å². The molecule has 1 saturated carbocycles. The van der Waals surface area contributed by atoms with Gasteiger partial charge in [-0.15, -0.1) is 0 Å². The Morgan fingerprint density at radius 2 is 1.85 bits per heavy atom. The fourth-order valence-electron chi connectivity index (χ4n) is 1.82. The summed E-state index contributed by atoms with van der Waals surface area (Å²) in [5.74, 6) is 0. The molecule has 1 aromatic rings. The van der Waals surface area contributed by atoms with Gasteiger partial charge >= 0.3 is 12.2 Å². The van der Waals surface area contributed by atoms with Crippen LogP contribution in [-0.4, -0.2) is 19.1 Å². The molecule has 0 aromatic heterocycles. The van der Waals surface area contributed by atoms with Crippen LogP contribution in [0.4, 0.5) is 23.7 Å². The maximum atomic E-state index is 12.4. The van der Waals surface area contributed by atoms with E-state index in [-0.39, 0.29) is 5.41 Å². The summed E-state index contributed by atoms with van der Waals surface area (Å²) in [7, 11) is 0. The number of alkyl halides is 3. The number of rotatable bonds is 4. The number of amides is 2. The largest absolute Gasteiger partial charge is 0.416 e. The Kier molecular flexibility index (Phi) is 3.89. The third-order valence-electron chi connectivity index (χ3n) is 3.48. The van der Waals surface area contributed by atoms with E-state index in [0.29, 0.717) is 18.8 Å². The number of carbonyl (C=O) groups excluding carboxylic acids is 1. The minimum Gasteiger partial charge on any atom is -0.337 e. The average Bonchev–Trinajstić information content (AvgIpc) is 3.17. The van der Waals surface area contributed by atoms with E-state index in [1.807, 2.05) is 0 Å². The highest BCUT2D eigenvalue weighted by molar-refractivity contribution is 5.89. The molecule has 0 saturated heterocycles. The van der Waals surface area contributed by atoms with E-state index in [2.05, 4.69) is 10.6 Å². The van der Waals surface area contributed by atoms with Crippen molar-refractivity contribution in [1.29, 1.82) is 0 Å². The molecule has 20 heavy (non-hydrogen) atoms. The first-order chi connectivity index (χ1) is 9.35. The highest BCUT2D eigenvalue weighted by Gasteiger charge is 2.41. The summed E-state index contributed by atoms with van der Waals surface area (Å²) < 4.78 is 37.1. The van der Waals surface area contributed by atoms with Crippen molar-refractivity contribution in [3.8, 4) is 0 Å². The van der Waals surface area contributed by atoms with Gasteiger partial charge in [-0.2, -0.15) is 13.2 Å². The van der Waals surface area contributed by atoms with E-state index in [9.17, 15) is 18.0 Å². The van der Waals surface area contributed by atoms with E-state index in [0.717, 1.165) is 25.0 Å². The Morgan fingerprint density at radius 1 is 1.25 bits per heavy atom. The Balaban J connectivity index is 1.85. The molecule has 0 unspecified atom stereocenters. The standard InChI is InChI=1S/C13H16F3N3O/c14-13(15,16)9-1-3-10(4-2-9)19-11(20)18-8-12(7-17)5-6-12/h1-4H,5-8,17H2,(H2,18,19,20). The number of nitrogens with two attached hydrogens (primary N) is 1. The minimum atomic E-state index is -4.37. The molecule has 7 heteroatoms. The minimum absolute atomic E-state index is 0.0114. The summed E-state index contributed by atoms with van der Waals surface area (Å²) in [5.41, 5.74) is 5.16. The highest BCUT2D eigenvalue weighted by atomic mass is 19.4. The fourth-order valence-corrected chi connectivity index (χ4v) is 1.82. The average molecular weight is 287 g/mol. The first-order valence-electron chi connectivity index (χ1n) is 6.27. The van der Waals surface area contributed by atoms with Crippen LogP contribution in [0, 0.1) is 5.41 Å².